The van der Waals surface area contributed by atoms with Gasteiger partial charge >= 0.3 is 0 Å². The van der Waals surface area contributed by atoms with Gasteiger partial charge in [0.1, 0.15) is 5.71 Å². The fourth-order valence-corrected chi connectivity index (χ4v) is 2.05. The summed E-state index contributed by atoms with van der Waals surface area (Å²) in [6, 6.07) is 19.3. The van der Waals surface area contributed by atoms with E-state index in [2.05, 4.69) is 10.3 Å². The molecule has 0 bridgehead atoms. The molecule has 0 fully saturated rings. The molecule has 3 aromatic rings. The second-order valence-electron chi connectivity index (χ2n) is 4.32. The highest BCUT2D eigenvalue weighted by Crippen LogP contribution is 2.13. The van der Waals surface area contributed by atoms with Crippen molar-refractivity contribution in [3.8, 4) is 5.69 Å². The van der Waals surface area contributed by atoms with Crippen LogP contribution in [0.2, 0.25) is 0 Å². The molecule has 98 valence electrons. The van der Waals surface area contributed by atoms with Crippen LogP contribution in [-0.4, -0.2) is 20.7 Å². The smallest absolute Gasteiger partial charge is 0.120 e. The van der Waals surface area contributed by atoms with Gasteiger partial charge in [0, 0.05) is 17.3 Å². The summed E-state index contributed by atoms with van der Waals surface area (Å²) in [6.45, 7) is 0. The zero-order chi connectivity index (χ0) is 13.8. The molecule has 0 radical (unpaired) electrons. The number of nitrogens with zero attached hydrogens (tertiary/aromatic N) is 3. The topological polar surface area (TPSA) is 50.4 Å². The second kappa shape index (κ2) is 5.40. The molecule has 0 saturated carbocycles. The van der Waals surface area contributed by atoms with Crippen molar-refractivity contribution in [2.75, 3.05) is 0 Å². The molecule has 3 rings (SSSR count). The van der Waals surface area contributed by atoms with E-state index in [0.717, 1.165) is 16.8 Å². The van der Waals surface area contributed by atoms with Gasteiger partial charge in [-0.2, -0.15) is 5.10 Å². The number of hydrogen-bond donors (Lipinski definition) is 1. The van der Waals surface area contributed by atoms with Gasteiger partial charge in [0.25, 0.3) is 0 Å². The Bertz CT molecular complexity index is 718. The van der Waals surface area contributed by atoms with Crippen molar-refractivity contribution in [1.29, 1.82) is 0 Å². The molecule has 1 heterocycles. The standard InChI is InChI=1S/C16H13N3O/c20-18-16(13-7-3-1-4-8-13)14-11-17-19(12-14)15-9-5-2-6-10-15/h1-12,20H/b18-16+. The van der Waals surface area contributed by atoms with E-state index in [4.69, 9.17) is 0 Å². The minimum atomic E-state index is 0.507. The van der Waals surface area contributed by atoms with Crippen LogP contribution in [0, 0.1) is 0 Å². The highest BCUT2D eigenvalue weighted by Gasteiger charge is 2.10. The van der Waals surface area contributed by atoms with Crippen molar-refractivity contribution in [1.82, 2.24) is 9.78 Å². The highest BCUT2D eigenvalue weighted by atomic mass is 16.4. The first-order valence-electron chi connectivity index (χ1n) is 6.26. The summed E-state index contributed by atoms with van der Waals surface area (Å²) in [5.74, 6) is 0. The third-order valence-electron chi connectivity index (χ3n) is 3.02. The minimum absolute atomic E-state index is 0.507. The first-order chi connectivity index (χ1) is 9.88. The van der Waals surface area contributed by atoms with Crippen LogP contribution in [0.15, 0.2) is 78.2 Å². The van der Waals surface area contributed by atoms with Crippen molar-refractivity contribution >= 4 is 5.71 Å². The number of rotatable bonds is 3. The molecule has 0 saturated heterocycles. The Morgan fingerprint density at radius 2 is 1.55 bits per heavy atom. The summed E-state index contributed by atoms with van der Waals surface area (Å²) in [6.07, 6.45) is 3.53. The molecular weight excluding hydrogens is 250 g/mol. The van der Waals surface area contributed by atoms with Gasteiger partial charge in [-0.3, -0.25) is 0 Å². The largest absolute Gasteiger partial charge is 0.410 e. The second-order valence-corrected chi connectivity index (χ2v) is 4.32. The quantitative estimate of drug-likeness (QED) is 0.448. The van der Waals surface area contributed by atoms with E-state index < -0.39 is 0 Å². The lowest BCUT2D eigenvalue weighted by atomic mass is 10.1. The predicted molar refractivity (Wildman–Crippen MR) is 77.4 cm³/mol. The van der Waals surface area contributed by atoms with Crippen LogP contribution in [-0.2, 0) is 0 Å². The van der Waals surface area contributed by atoms with E-state index in [1.165, 1.54) is 0 Å². The number of benzene rings is 2. The number of hydrogen-bond acceptors (Lipinski definition) is 3. The highest BCUT2D eigenvalue weighted by molar-refractivity contribution is 6.12. The molecule has 4 heteroatoms. The van der Waals surface area contributed by atoms with E-state index in [1.54, 1.807) is 10.9 Å². The Hall–Kier alpha value is -2.88. The minimum Gasteiger partial charge on any atom is -0.410 e. The van der Waals surface area contributed by atoms with E-state index >= 15 is 0 Å². The first-order valence-corrected chi connectivity index (χ1v) is 6.26. The molecule has 0 amide bonds. The van der Waals surface area contributed by atoms with Crippen LogP contribution in [0.25, 0.3) is 5.69 Å². The molecule has 0 unspecified atom stereocenters. The molecular formula is C16H13N3O. The van der Waals surface area contributed by atoms with Gasteiger partial charge in [-0.1, -0.05) is 53.7 Å². The van der Waals surface area contributed by atoms with Crippen molar-refractivity contribution in [3.63, 3.8) is 0 Å². The van der Waals surface area contributed by atoms with Gasteiger partial charge in [-0.25, -0.2) is 4.68 Å². The third kappa shape index (κ3) is 2.31. The summed E-state index contributed by atoms with van der Waals surface area (Å²) in [5, 5.41) is 17.0. The van der Waals surface area contributed by atoms with Crippen LogP contribution in [0.5, 0.6) is 0 Å². The molecule has 1 N–H and O–H groups in total. The zero-order valence-corrected chi connectivity index (χ0v) is 10.7. The monoisotopic (exact) mass is 263 g/mol. The van der Waals surface area contributed by atoms with Crippen LogP contribution < -0.4 is 0 Å². The van der Waals surface area contributed by atoms with Crippen LogP contribution in [0.1, 0.15) is 11.1 Å². The Morgan fingerprint density at radius 3 is 2.20 bits per heavy atom. The van der Waals surface area contributed by atoms with Crippen LogP contribution in [0.4, 0.5) is 0 Å². The summed E-state index contributed by atoms with van der Waals surface area (Å²) >= 11 is 0. The Balaban J connectivity index is 1.98. The molecule has 0 spiro atoms. The lowest BCUT2D eigenvalue weighted by Crippen LogP contribution is -2.02. The number of aromatic nitrogens is 2. The Kier molecular flexibility index (Phi) is 3.29. The van der Waals surface area contributed by atoms with Crippen molar-refractivity contribution in [3.05, 3.63) is 84.2 Å². The number of oxime groups is 1. The average Bonchev–Trinajstić information content (AvgIpc) is 3.00. The first kappa shape index (κ1) is 12.2. The van der Waals surface area contributed by atoms with Gasteiger partial charge in [-0.05, 0) is 12.1 Å². The SMILES string of the molecule is O/N=C(\c1ccccc1)c1cnn(-c2ccccc2)c1. The molecule has 0 aliphatic rings. The van der Waals surface area contributed by atoms with Crippen LogP contribution >= 0.6 is 0 Å². The lowest BCUT2D eigenvalue weighted by Gasteiger charge is -2.01. The normalized spacial score (nSPS) is 11.5. The molecule has 20 heavy (non-hydrogen) atoms. The maximum atomic E-state index is 9.26. The molecule has 0 aliphatic carbocycles. The summed E-state index contributed by atoms with van der Waals surface area (Å²) in [5.41, 5.74) is 3.09. The summed E-state index contributed by atoms with van der Waals surface area (Å²) in [7, 11) is 0. The van der Waals surface area contributed by atoms with Gasteiger partial charge in [0.2, 0.25) is 0 Å². The fourth-order valence-electron chi connectivity index (χ4n) is 2.05. The van der Waals surface area contributed by atoms with E-state index in [0.29, 0.717) is 5.71 Å². The molecule has 2 aromatic carbocycles. The molecule has 1 aromatic heterocycles. The van der Waals surface area contributed by atoms with E-state index in [9.17, 15) is 5.21 Å². The molecule has 4 nitrogen and oxygen atoms in total. The molecule has 0 aliphatic heterocycles. The van der Waals surface area contributed by atoms with Gasteiger partial charge < -0.3 is 5.21 Å². The Labute approximate surface area is 116 Å². The van der Waals surface area contributed by atoms with Gasteiger partial charge in [0.15, 0.2) is 0 Å². The van der Waals surface area contributed by atoms with Crippen molar-refractivity contribution in [2.45, 2.75) is 0 Å². The van der Waals surface area contributed by atoms with Crippen molar-refractivity contribution < 1.29 is 5.21 Å². The van der Waals surface area contributed by atoms with E-state index in [1.807, 2.05) is 66.9 Å². The maximum absolute atomic E-state index is 9.26. The summed E-state index contributed by atoms with van der Waals surface area (Å²) in [4.78, 5) is 0. The summed E-state index contributed by atoms with van der Waals surface area (Å²) < 4.78 is 1.75. The lowest BCUT2D eigenvalue weighted by molar-refractivity contribution is 0.319. The average molecular weight is 263 g/mol. The van der Waals surface area contributed by atoms with Gasteiger partial charge in [-0.15, -0.1) is 0 Å². The molecule has 0 atom stereocenters. The third-order valence-corrected chi connectivity index (χ3v) is 3.02. The Morgan fingerprint density at radius 1 is 0.900 bits per heavy atom. The fraction of sp³-hybridized carbons (Fsp3) is 0. The zero-order valence-electron chi connectivity index (χ0n) is 10.7. The van der Waals surface area contributed by atoms with Crippen LogP contribution in [0.3, 0.4) is 0 Å². The van der Waals surface area contributed by atoms with E-state index in [-0.39, 0.29) is 0 Å². The van der Waals surface area contributed by atoms with Gasteiger partial charge in [0.05, 0.1) is 11.9 Å². The predicted octanol–water partition coefficient (Wildman–Crippen LogP) is 3.10. The number of para-hydroxylation sites is 1. The van der Waals surface area contributed by atoms with Crippen molar-refractivity contribution in [2.24, 2.45) is 5.16 Å². The maximum Gasteiger partial charge on any atom is 0.120 e.